The maximum atomic E-state index is 9.61. The van der Waals surface area contributed by atoms with E-state index in [1.807, 2.05) is 13.8 Å². The van der Waals surface area contributed by atoms with Crippen molar-refractivity contribution < 1.29 is 17.8 Å². The summed E-state index contributed by atoms with van der Waals surface area (Å²) in [6, 6.07) is 0. The molecule has 1 unspecified atom stereocenters. The van der Waals surface area contributed by atoms with Crippen LogP contribution in [0.5, 0.6) is 0 Å². The predicted octanol–water partition coefficient (Wildman–Crippen LogP) is 6.23. The molecule has 0 spiro atoms. The van der Waals surface area contributed by atoms with Crippen LogP contribution in [0.3, 0.4) is 0 Å². The molecule has 0 bridgehead atoms. The van der Waals surface area contributed by atoms with Crippen LogP contribution in [0.25, 0.3) is 0 Å². The highest BCUT2D eigenvalue weighted by molar-refractivity contribution is 6.81. The third-order valence-corrected chi connectivity index (χ3v) is 14.2. The van der Waals surface area contributed by atoms with Crippen molar-refractivity contribution in [3.8, 4) is 0 Å². The largest absolute Gasteiger partial charge is 0.456 e. The molecule has 1 N–H and O–H groups in total. The van der Waals surface area contributed by atoms with Crippen LogP contribution >= 0.6 is 0 Å². The van der Waals surface area contributed by atoms with Crippen molar-refractivity contribution in [3.63, 3.8) is 0 Å². The van der Waals surface area contributed by atoms with E-state index in [4.69, 9.17) is 12.7 Å². The van der Waals surface area contributed by atoms with Crippen LogP contribution < -0.4 is 0 Å². The van der Waals surface area contributed by atoms with Gasteiger partial charge in [0.05, 0.1) is 5.22 Å². The Bertz CT molecular complexity index is 292. The molecular formula is C17H54O4Si4. The smallest absolute Gasteiger partial charge is 0.321 e. The van der Waals surface area contributed by atoms with Gasteiger partial charge in [-0.3, -0.25) is 0 Å². The summed E-state index contributed by atoms with van der Waals surface area (Å²) >= 11 is 0. The van der Waals surface area contributed by atoms with E-state index >= 15 is 0 Å². The average Bonchev–Trinajstić information content (AvgIpc) is 2.10. The Morgan fingerprint density at radius 1 is 0.760 bits per heavy atom. The lowest BCUT2D eigenvalue weighted by Gasteiger charge is -2.30. The summed E-state index contributed by atoms with van der Waals surface area (Å²) < 4.78 is 16.9. The van der Waals surface area contributed by atoms with Crippen LogP contribution in [0.2, 0.25) is 58.9 Å². The molecule has 0 saturated carbocycles. The minimum Gasteiger partial charge on any atom is -0.456 e. The molecule has 0 rings (SSSR count). The third kappa shape index (κ3) is 29.7. The zero-order valence-corrected chi connectivity index (χ0v) is 20.4. The minimum atomic E-state index is -1.75. The number of rotatable bonds is 6. The van der Waals surface area contributed by atoms with E-state index in [9.17, 15) is 5.11 Å². The second kappa shape index (κ2) is 14.7. The fourth-order valence-corrected chi connectivity index (χ4v) is 13.1. The van der Waals surface area contributed by atoms with Gasteiger partial charge in [-0.2, -0.15) is 0 Å². The first-order valence-electron chi connectivity index (χ1n) is 7.55. The number of hydrogen-bond donors (Lipinski definition) is 1. The molecule has 0 saturated heterocycles. The average molecular weight is 435 g/mol. The first-order valence-corrected chi connectivity index (χ1v) is 19.4. The van der Waals surface area contributed by atoms with Gasteiger partial charge in [0.15, 0.2) is 25.7 Å². The zero-order valence-electron chi connectivity index (χ0n) is 16.2. The lowest BCUT2D eigenvalue weighted by atomic mass is 10.5. The Morgan fingerprint density at radius 2 is 1.08 bits per heavy atom. The van der Waals surface area contributed by atoms with Crippen molar-refractivity contribution in [3.05, 3.63) is 0 Å². The summed E-state index contributed by atoms with van der Waals surface area (Å²) in [6.45, 7) is 22.9. The highest BCUT2D eigenvalue weighted by Gasteiger charge is 2.30. The molecule has 0 fully saturated rings. The lowest BCUT2D eigenvalue weighted by molar-refractivity contribution is 0.146. The number of hydrogen-bond acceptors (Lipinski definition) is 4. The molecule has 0 aromatic heterocycles. The van der Waals surface area contributed by atoms with Crippen LogP contribution in [-0.2, 0) is 12.7 Å². The Labute approximate surface area is 166 Å². The fourth-order valence-electron chi connectivity index (χ4n) is 1.45. The van der Waals surface area contributed by atoms with Crippen LogP contribution in [0.1, 0.15) is 43.6 Å². The third-order valence-electron chi connectivity index (χ3n) is 2.57. The SMILES string of the molecule is C.C.C.C.CO[Si](C)(C)O[Si](C)(C)C.C[SiH](O[Si](C)(C)C)C(C)(C)O. The van der Waals surface area contributed by atoms with Gasteiger partial charge < -0.3 is 17.8 Å². The van der Waals surface area contributed by atoms with Crippen molar-refractivity contribution in [1.82, 2.24) is 0 Å². The van der Waals surface area contributed by atoms with E-state index in [1.54, 1.807) is 7.11 Å². The van der Waals surface area contributed by atoms with Gasteiger partial charge in [-0.25, -0.2) is 0 Å². The maximum Gasteiger partial charge on any atom is 0.321 e. The van der Waals surface area contributed by atoms with Crippen molar-refractivity contribution in [1.29, 1.82) is 0 Å². The summed E-state index contributed by atoms with van der Waals surface area (Å²) in [5, 5.41) is 9.03. The maximum absolute atomic E-state index is 9.61. The van der Waals surface area contributed by atoms with Gasteiger partial charge in [-0.1, -0.05) is 29.7 Å². The molecule has 0 heterocycles. The van der Waals surface area contributed by atoms with Crippen LogP contribution in [0.4, 0.5) is 0 Å². The van der Waals surface area contributed by atoms with Crippen molar-refractivity contribution in [2.45, 2.75) is 108 Å². The second-order valence-electron chi connectivity index (χ2n) is 8.34. The van der Waals surface area contributed by atoms with Gasteiger partial charge in [0, 0.05) is 7.11 Å². The highest BCUT2D eigenvalue weighted by atomic mass is 28.4. The summed E-state index contributed by atoms with van der Waals surface area (Å²) in [6.07, 6.45) is 0. The molecule has 0 aromatic carbocycles. The van der Waals surface area contributed by atoms with Gasteiger partial charge in [-0.05, 0) is 72.8 Å². The minimum absolute atomic E-state index is 0. The molecule has 0 radical (unpaired) electrons. The first kappa shape index (κ1) is 40.4. The molecule has 1 atom stereocenters. The van der Waals surface area contributed by atoms with Gasteiger partial charge in [0.25, 0.3) is 0 Å². The van der Waals surface area contributed by atoms with E-state index in [0.717, 1.165) is 0 Å². The van der Waals surface area contributed by atoms with Crippen LogP contribution in [0.15, 0.2) is 0 Å². The summed E-state index contributed by atoms with van der Waals surface area (Å²) in [7, 11) is -4.23. The highest BCUT2D eigenvalue weighted by Crippen LogP contribution is 2.14. The molecular weight excluding hydrogens is 381 g/mol. The quantitative estimate of drug-likeness (QED) is 0.503. The van der Waals surface area contributed by atoms with Crippen molar-refractivity contribution in [2.24, 2.45) is 0 Å². The molecule has 0 aromatic rings. The summed E-state index contributed by atoms with van der Waals surface area (Å²) in [5.74, 6) is 0. The topological polar surface area (TPSA) is 47.9 Å². The Hall–Kier alpha value is 0.708. The molecule has 0 amide bonds. The van der Waals surface area contributed by atoms with E-state index in [0.29, 0.717) is 0 Å². The summed E-state index contributed by atoms with van der Waals surface area (Å²) in [4.78, 5) is 0. The van der Waals surface area contributed by atoms with Crippen LogP contribution in [0, 0.1) is 0 Å². The van der Waals surface area contributed by atoms with Gasteiger partial charge in [-0.15, -0.1) is 0 Å². The Morgan fingerprint density at radius 3 is 1.16 bits per heavy atom. The Kier molecular flexibility index (Phi) is 23.8. The van der Waals surface area contributed by atoms with Crippen molar-refractivity contribution >= 4 is 34.2 Å². The monoisotopic (exact) mass is 434 g/mol. The van der Waals surface area contributed by atoms with E-state index in [2.05, 4.69) is 58.9 Å². The van der Waals surface area contributed by atoms with Gasteiger partial charge >= 0.3 is 8.56 Å². The summed E-state index contributed by atoms with van der Waals surface area (Å²) in [5.41, 5.74) is 0. The van der Waals surface area contributed by atoms with Crippen molar-refractivity contribution in [2.75, 3.05) is 7.11 Å². The van der Waals surface area contributed by atoms with Gasteiger partial charge in [0.1, 0.15) is 0 Å². The van der Waals surface area contributed by atoms with Crippen LogP contribution in [-0.4, -0.2) is 51.7 Å². The van der Waals surface area contributed by atoms with Gasteiger partial charge in [0.2, 0.25) is 0 Å². The molecule has 4 nitrogen and oxygen atoms in total. The molecule has 0 aliphatic heterocycles. The molecule has 0 aliphatic rings. The lowest BCUT2D eigenvalue weighted by Crippen LogP contribution is -2.46. The molecule has 162 valence electrons. The van der Waals surface area contributed by atoms with E-state index in [1.165, 1.54) is 0 Å². The molecule has 25 heavy (non-hydrogen) atoms. The molecule has 0 aliphatic carbocycles. The number of aliphatic hydroxyl groups is 1. The van der Waals surface area contributed by atoms with E-state index < -0.39 is 39.5 Å². The fraction of sp³-hybridized carbons (Fsp3) is 1.00. The molecule has 8 heteroatoms. The predicted molar refractivity (Wildman–Crippen MR) is 130 cm³/mol. The zero-order chi connectivity index (χ0) is 17.7. The normalized spacial score (nSPS) is 12.8. The standard InChI is InChI=1S/C7H20O2Si2.C6H18O2Si2.4CH4/c1-7(2,8)10(3)9-11(4,5)6;1-7-10(5,6)8-9(2,3)4;;;;/h8,10H,1-6H3;1-6H3;4*1H4. The van der Waals surface area contributed by atoms with E-state index in [-0.39, 0.29) is 29.7 Å². The first-order chi connectivity index (χ1) is 8.90. The second-order valence-corrected chi connectivity index (χ2v) is 24.5. The Balaban J connectivity index is -0.0000000624.